The van der Waals surface area contributed by atoms with Crippen molar-refractivity contribution >= 4 is 11.8 Å². The van der Waals surface area contributed by atoms with Gasteiger partial charge in [-0.25, -0.2) is 0 Å². The van der Waals surface area contributed by atoms with Gasteiger partial charge in [0.1, 0.15) is 12.4 Å². The molecule has 0 N–H and O–H groups in total. The van der Waals surface area contributed by atoms with Crippen molar-refractivity contribution in [2.75, 3.05) is 20.7 Å². The number of nitrogens with zero attached hydrogens (tertiary/aromatic N) is 2. The number of carbonyl (C=O) groups excluding carboxylic acids is 2. The summed E-state index contributed by atoms with van der Waals surface area (Å²) in [4.78, 5) is 28.1. The maximum Gasteiger partial charge on any atom is 0.254 e. The minimum atomic E-state index is -0.741. The lowest BCUT2D eigenvalue weighted by Gasteiger charge is -2.39. The summed E-state index contributed by atoms with van der Waals surface area (Å²) in [6.45, 7) is 0.260. The Bertz CT molecular complexity index is 699. The van der Waals surface area contributed by atoms with E-state index < -0.39 is 12.1 Å². The van der Waals surface area contributed by atoms with Crippen LogP contribution in [0.4, 0.5) is 0 Å². The summed E-state index contributed by atoms with van der Waals surface area (Å²) in [7, 11) is 3.40. The van der Waals surface area contributed by atoms with E-state index in [1.54, 1.807) is 36.2 Å². The first kappa shape index (κ1) is 16.3. The first-order valence-electron chi connectivity index (χ1n) is 7.77. The quantitative estimate of drug-likeness (QED) is 0.859. The van der Waals surface area contributed by atoms with Crippen molar-refractivity contribution in [1.29, 1.82) is 0 Å². The molecule has 0 bridgehead atoms. The third kappa shape index (κ3) is 3.19. The Morgan fingerprint density at radius 2 is 2.00 bits per heavy atom. The average Bonchev–Trinajstić information content (AvgIpc) is 3.10. The predicted molar refractivity (Wildman–Crippen MR) is 86.9 cm³/mol. The maximum atomic E-state index is 12.9. The number of amides is 2. The molecule has 24 heavy (non-hydrogen) atoms. The molecule has 1 aromatic heterocycles. The molecule has 2 atom stereocenters. The molecule has 0 spiro atoms. The van der Waals surface area contributed by atoms with E-state index in [0.29, 0.717) is 12.3 Å². The third-order valence-corrected chi connectivity index (χ3v) is 4.22. The van der Waals surface area contributed by atoms with Crippen molar-refractivity contribution < 1.29 is 18.7 Å². The number of benzene rings is 1. The number of hydrogen-bond donors (Lipinski definition) is 0. The number of hydrogen-bond acceptors (Lipinski definition) is 4. The van der Waals surface area contributed by atoms with Crippen molar-refractivity contribution in [3.8, 4) is 0 Å². The molecule has 1 fully saturated rings. The second kappa shape index (κ2) is 6.88. The standard InChI is InChI=1S/C18H20N2O4/c1-19(11-14-9-6-10-23-14)18(22)17-16(13-7-4-3-5-8-13)20(2)15(21)12-24-17/h3-10,16-17H,11-12H2,1-2H3/t16-,17+/m0/s1. The van der Waals surface area contributed by atoms with E-state index >= 15 is 0 Å². The van der Waals surface area contributed by atoms with E-state index in [-0.39, 0.29) is 18.4 Å². The summed E-state index contributed by atoms with van der Waals surface area (Å²) < 4.78 is 10.9. The molecule has 3 rings (SSSR count). The van der Waals surface area contributed by atoms with Crippen molar-refractivity contribution in [2.45, 2.75) is 18.7 Å². The van der Waals surface area contributed by atoms with E-state index in [4.69, 9.17) is 9.15 Å². The summed E-state index contributed by atoms with van der Waals surface area (Å²) in [6, 6.07) is 12.6. The van der Waals surface area contributed by atoms with Crippen LogP contribution in [0.25, 0.3) is 0 Å². The van der Waals surface area contributed by atoms with Crippen LogP contribution in [-0.4, -0.2) is 48.4 Å². The van der Waals surface area contributed by atoms with Gasteiger partial charge in [0.2, 0.25) is 5.91 Å². The van der Waals surface area contributed by atoms with Gasteiger partial charge in [0.25, 0.3) is 5.91 Å². The molecule has 1 saturated heterocycles. The normalized spacial score (nSPS) is 20.9. The Balaban J connectivity index is 1.83. The van der Waals surface area contributed by atoms with Crippen molar-refractivity contribution in [1.82, 2.24) is 9.80 Å². The van der Waals surface area contributed by atoms with Crippen LogP contribution in [0.1, 0.15) is 17.4 Å². The van der Waals surface area contributed by atoms with E-state index in [0.717, 1.165) is 5.56 Å². The van der Waals surface area contributed by atoms with Gasteiger partial charge in [0, 0.05) is 14.1 Å². The molecule has 126 valence electrons. The van der Waals surface area contributed by atoms with Gasteiger partial charge in [-0.05, 0) is 17.7 Å². The first-order valence-corrected chi connectivity index (χ1v) is 7.77. The molecule has 2 aromatic rings. The SMILES string of the molecule is CN(Cc1ccco1)C(=O)[C@@H]1OCC(=O)N(C)[C@H]1c1ccccc1. The van der Waals surface area contributed by atoms with Crippen LogP contribution in [-0.2, 0) is 20.9 Å². The van der Waals surface area contributed by atoms with E-state index in [1.165, 1.54) is 0 Å². The van der Waals surface area contributed by atoms with Gasteiger partial charge >= 0.3 is 0 Å². The van der Waals surface area contributed by atoms with E-state index in [1.807, 2.05) is 36.4 Å². The molecule has 6 nitrogen and oxygen atoms in total. The highest BCUT2D eigenvalue weighted by Gasteiger charge is 2.41. The van der Waals surface area contributed by atoms with Crippen LogP contribution in [0.15, 0.2) is 53.1 Å². The van der Waals surface area contributed by atoms with Gasteiger partial charge < -0.3 is 19.0 Å². The van der Waals surface area contributed by atoms with Crippen molar-refractivity contribution in [3.63, 3.8) is 0 Å². The lowest BCUT2D eigenvalue weighted by Crippen LogP contribution is -2.53. The minimum Gasteiger partial charge on any atom is -0.467 e. The second-order valence-corrected chi connectivity index (χ2v) is 5.87. The summed E-state index contributed by atoms with van der Waals surface area (Å²) in [5, 5.41) is 0. The smallest absolute Gasteiger partial charge is 0.254 e. The summed E-state index contributed by atoms with van der Waals surface area (Å²) in [5.74, 6) is 0.378. The largest absolute Gasteiger partial charge is 0.467 e. The Morgan fingerprint density at radius 1 is 1.25 bits per heavy atom. The summed E-state index contributed by atoms with van der Waals surface area (Å²) >= 11 is 0. The van der Waals surface area contributed by atoms with Gasteiger partial charge in [-0.3, -0.25) is 9.59 Å². The minimum absolute atomic E-state index is 0.0924. The number of carbonyl (C=O) groups is 2. The molecule has 2 amide bonds. The Labute approximate surface area is 140 Å². The van der Waals surface area contributed by atoms with Crippen LogP contribution in [0.5, 0.6) is 0 Å². The Hall–Kier alpha value is -2.60. The number of furan rings is 1. The van der Waals surface area contributed by atoms with E-state index in [9.17, 15) is 9.59 Å². The molecular weight excluding hydrogens is 308 g/mol. The predicted octanol–water partition coefficient (Wildman–Crippen LogP) is 1.84. The van der Waals surface area contributed by atoms with Crippen LogP contribution < -0.4 is 0 Å². The molecule has 1 aliphatic heterocycles. The third-order valence-electron chi connectivity index (χ3n) is 4.22. The number of morpholine rings is 1. The highest BCUT2D eigenvalue weighted by atomic mass is 16.5. The molecule has 1 aliphatic rings. The van der Waals surface area contributed by atoms with E-state index in [2.05, 4.69) is 0 Å². The fourth-order valence-electron chi connectivity index (χ4n) is 2.90. The molecule has 0 aliphatic carbocycles. The Morgan fingerprint density at radius 3 is 2.67 bits per heavy atom. The van der Waals surface area contributed by atoms with Crippen LogP contribution in [0.3, 0.4) is 0 Å². The van der Waals surface area contributed by atoms with Crippen molar-refractivity contribution in [2.24, 2.45) is 0 Å². The van der Waals surface area contributed by atoms with Crippen LogP contribution in [0.2, 0.25) is 0 Å². The lowest BCUT2D eigenvalue weighted by molar-refractivity contribution is -0.167. The molecule has 2 heterocycles. The Kier molecular flexibility index (Phi) is 4.66. The zero-order chi connectivity index (χ0) is 17.1. The van der Waals surface area contributed by atoms with Crippen LogP contribution >= 0.6 is 0 Å². The molecule has 6 heteroatoms. The topological polar surface area (TPSA) is 63.0 Å². The second-order valence-electron chi connectivity index (χ2n) is 5.87. The number of rotatable bonds is 4. The fraction of sp³-hybridized carbons (Fsp3) is 0.333. The fourth-order valence-corrected chi connectivity index (χ4v) is 2.90. The molecule has 0 unspecified atom stereocenters. The zero-order valence-electron chi connectivity index (χ0n) is 13.7. The van der Waals surface area contributed by atoms with Gasteiger partial charge in [0.05, 0.1) is 18.8 Å². The van der Waals surface area contributed by atoms with Gasteiger partial charge in [-0.15, -0.1) is 0 Å². The monoisotopic (exact) mass is 328 g/mol. The zero-order valence-corrected chi connectivity index (χ0v) is 13.7. The van der Waals surface area contributed by atoms with Crippen LogP contribution in [0, 0.1) is 0 Å². The van der Waals surface area contributed by atoms with Crippen molar-refractivity contribution in [3.05, 3.63) is 60.1 Å². The molecule has 0 radical (unpaired) electrons. The lowest BCUT2D eigenvalue weighted by atomic mass is 9.97. The molecule has 1 aromatic carbocycles. The average molecular weight is 328 g/mol. The number of ether oxygens (including phenoxy) is 1. The molecule has 0 saturated carbocycles. The highest BCUT2D eigenvalue weighted by Crippen LogP contribution is 2.30. The maximum absolute atomic E-state index is 12.9. The van der Waals surface area contributed by atoms with Gasteiger partial charge in [-0.2, -0.15) is 0 Å². The first-order chi connectivity index (χ1) is 11.6. The van der Waals surface area contributed by atoms with Gasteiger partial charge in [-0.1, -0.05) is 30.3 Å². The molecular formula is C18H20N2O4. The number of likely N-dealkylation sites (N-methyl/N-ethyl adjacent to an activating group) is 2. The van der Waals surface area contributed by atoms with Gasteiger partial charge in [0.15, 0.2) is 6.10 Å². The highest BCUT2D eigenvalue weighted by molar-refractivity contribution is 5.86. The summed E-state index contributed by atoms with van der Waals surface area (Å²) in [5.41, 5.74) is 0.873. The summed E-state index contributed by atoms with van der Waals surface area (Å²) in [6.07, 6.45) is 0.833.